The Bertz CT molecular complexity index is 332. The van der Waals surface area contributed by atoms with Gasteiger partial charge in [-0.3, -0.25) is 5.32 Å². The van der Waals surface area contributed by atoms with Crippen LogP contribution in [0.2, 0.25) is 0 Å². The molecule has 0 saturated carbocycles. The van der Waals surface area contributed by atoms with Crippen LogP contribution < -0.4 is 11.1 Å². The number of nitrogens with zero attached hydrogens (tertiary/aromatic N) is 2. The third-order valence-electron chi connectivity index (χ3n) is 1.61. The number of fused-ring (bicyclic) bond motifs is 1. The topological polar surface area (TPSA) is 66.2 Å². The minimum atomic E-state index is -1.11. The first-order valence-electron chi connectivity index (χ1n) is 3.45. The van der Waals surface area contributed by atoms with E-state index in [0.717, 1.165) is 10.6 Å². The Kier molecular flexibility index (Phi) is 1.46. The molecule has 0 bridgehead atoms. The van der Waals surface area contributed by atoms with Gasteiger partial charge in [0, 0.05) is 16.7 Å². The van der Waals surface area contributed by atoms with E-state index in [1.54, 1.807) is 0 Å². The second-order valence-corrected chi connectivity index (χ2v) is 3.79. The van der Waals surface area contributed by atoms with E-state index in [4.69, 9.17) is 11.1 Å². The van der Waals surface area contributed by atoms with Crippen LogP contribution in [0.1, 0.15) is 0 Å². The quantitative estimate of drug-likeness (QED) is 0.594. The summed E-state index contributed by atoms with van der Waals surface area (Å²) in [5, 5.41) is 10.4. The van der Waals surface area contributed by atoms with Gasteiger partial charge in [0.15, 0.2) is 4.98 Å². The van der Waals surface area contributed by atoms with Crippen molar-refractivity contribution in [3.05, 3.63) is 29.2 Å². The number of hydrogen-bond acceptors (Lipinski definition) is 4. The van der Waals surface area contributed by atoms with Gasteiger partial charge >= 0.3 is 5.12 Å². The summed E-state index contributed by atoms with van der Waals surface area (Å²) >= 11 is 1.29. The van der Waals surface area contributed by atoms with E-state index in [9.17, 15) is 0 Å². The fourth-order valence-electron chi connectivity index (χ4n) is 1.09. The minimum Gasteiger partial charge on any atom is -0.283 e. The molecule has 1 unspecified atom stereocenters. The number of hydrogen-bond donors (Lipinski definition) is 2. The predicted octanol–water partition coefficient (Wildman–Crippen LogP) is 1.63. The van der Waals surface area contributed by atoms with Gasteiger partial charge < -0.3 is 0 Å². The Morgan fingerprint density at radius 3 is 2.92 bits per heavy atom. The number of benzene rings is 1. The molecule has 12 heavy (non-hydrogen) atoms. The van der Waals surface area contributed by atoms with Gasteiger partial charge in [0.05, 0.1) is 5.69 Å². The van der Waals surface area contributed by atoms with E-state index in [1.807, 2.05) is 24.3 Å². The Labute approximate surface area is 73.8 Å². The smallest absolute Gasteiger partial charge is 0.283 e. The third-order valence-corrected chi connectivity index (χ3v) is 2.69. The van der Waals surface area contributed by atoms with Crippen molar-refractivity contribution < 1.29 is 0 Å². The zero-order chi connectivity index (χ0) is 8.60. The monoisotopic (exact) mass is 179 g/mol. The number of nitrogens with two attached hydrogens (primary N) is 1. The maximum absolute atomic E-state index is 8.61. The first-order valence-corrected chi connectivity index (χ1v) is 4.26. The number of anilines is 1. The van der Waals surface area contributed by atoms with Crippen molar-refractivity contribution in [2.24, 2.45) is 5.73 Å². The second-order valence-electron chi connectivity index (χ2n) is 2.52. The molecule has 4 nitrogen and oxygen atoms in total. The van der Waals surface area contributed by atoms with Gasteiger partial charge in [-0.15, -0.1) is 0 Å². The van der Waals surface area contributed by atoms with Gasteiger partial charge in [-0.1, -0.05) is 12.1 Å². The van der Waals surface area contributed by atoms with E-state index in [2.05, 4.69) is 10.3 Å². The van der Waals surface area contributed by atoms with E-state index in [1.165, 1.54) is 11.8 Å². The van der Waals surface area contributed by atoms with Crippen molar-refractivity contribution in [2.75, 3.05) is 5.32 Å². The summed E-state index contributed by atoms with van der Waals surface area (Å²) in [4.78, 5) is 4.06. The van der Waals surface area contributed by atoms with Gasteiger partial charge in [-0.25, -0.2) is 5.73 Å². The molecule has 1 aromatic carbocycles. The average Bonchev–Trinajstić information content (AvgIpc) is 2.42. The van der Waals surface area contributed by atoms with Crippen molar-refractivity contribution >= 4 is 17.4 Å². The molecule has 2 rings (SSSR count). The summed E-state index contributed by atoms with van der Waals surface area (Å²) < 4.78 is 0. The molecule has 0 aliphatic carbocycles. The summed E-state index contributed by atoms with van der Waals surface area (Å²) in [5.74, 6) is 0. The van der Waals surface area contributed by atoms with Gasteiger partial charge in [-0.05, 0) is 12.1 Å². The second kappa shape index (κ2) is 2.37. The Morgan fingerprint density at radius 2 is 2.25 bits per heavy atom. The lowest BCUT2D eigenvalue weighted by Crippen LogP contribution is -2.37. The lowest BCUT2D eigenvalue weighted by Gasteiger charge is -1.98. The van der Waals surface area contributed by atoms with Crippen molar-refractivity contribution in [3.8, 4) is 0 Å². The summed E-state index contributed by atoms with van der Waals surface area (Å²) in [6.45, 7) is 0. The first kappa shape index (κ1) is 7.40. The van der Waals surface area contributed by atoms with Crippen LogP contribution >= 0.6 is 11.8 Å². The van der Waals surface area contributed by atoms with E-state index in [-0.39, 0.29) is 0 Å². The van der Waals surface area contributed by atoms with E-state index >= 15 is 0 Å². The molecular weight excluding hydrogens is 172 g/mol. The maximum Gasteiger partial charge on any atom is 0.506 e. The molecule has 0 saturated heterocycles. The van der Waals surface area contributed by atoms with E-state index < -0.39 is 5.12 Å². The standard InChI is InChI=1S/C7H7N4S/c8-7(11-9)10-5-3-1-2-4-6(5)12-7/h1-4,10H,8H2/q+1. The van der Waals surface area contributed by atoms with Crippen LogP contribution in [-0.2, 0) is 0 Å². The molecule has 1 aliphatic rings. The number of para-hydroxylation sites is 1. The zero-order valence-corrected chi connectivity index (χ0v) is 7.01. The number of rotatable bonds is 0. The largest absolute Gasteiger partial charge is 0.506 e. The molecule has 3 N–H and O–H groups in total. The number of diazo groups is 1. The molecule has 0 aromatic heterocycles. The van der Waals surface area contributed by atoms with Gasteiger partial charge in [0.1, 0.15) is 0 Å². The zero-order valence-electron chi connectivity index (χ0n) is 6.19. The highest BCUT2D eigenvalue weighted by molar-refractivity contribution is 8.01. The normalized spacial score (nSPS) is 25.7. The molecule has 0 amide bonds. The van der Waals surface area contributed by atoms with Crippen LogP contribution in [0.5, 0.6) is 0 Å². The Morgan fingerprint density at radius 1 is 1.50 bits per heavy atom. The summed E-state index contributed by atoms with van der Waals surface area (Å²) in [6, 6.07) is 7.63. The van der Waals surface area contributed by atoms with Gasteiger partial charge in [0.25, 0.3) is 0 Å². The summed E-state index contributed by atoms with van der Waals surface area (Å²) in [6.07, 6.45) is 0. The first-order chi connectivity index (χ1) is 5.73. The number of nitrogens with one attached hydrogen (secondary N) is 1. The summed E-state index contributed by atoms with van der Waals surface area (Å²) in [5.41, 5.74) is 6.55. The van der Waals surface area contributed by atoms with Crippen LogP contribution in [0.25, 0.3) is 4.98 Å². The maximum atomic E-state index is 8.61. The van der Waals surface area contributed by atoms with Gasteiger partial charge in [0.2, 0.25) is 5.39 Å². The number of thioether (sulfide) groups is 1. The van der Waals surface area contributed by atoms with Crippen LogP contribution in [0.3, 0.4) is 0 Å². The molecular formula is C7H7N4S+. The average molecular weight is 179 g/mol. The van der Waals surface area contributed by atoms with Crippen molar-refractivity contribution in [1.29, 1.82) is 5.39 Å². The molecule has 5 heteroatoms. The predicted molar refractivity (Wildman–Crippen MR) is 47.9 cm³/mol. The molecule has 0 radical (unpaired) electrons. The lowest BCUT2D eigenvalue weighted by molar-refractivity contribution is 0.851. The molecule has 1 heterocycles. The molecule has 1 aromatic rings. The van der Waals surface area contributed by atoms with Crippen molar-refractivity contribution in [3.63, 3.8) is 0 Å². The summed E-state index contributed by atoms with van der Waals surface area (Å²) in [7, 11) is 0. The SMILES string of the molecule is N#[N+]C1(N)Nc2ccccc2S1. The highest BCUT2D eigenvalue weighted by Gasteiger charge is 2.46. The molecule has 1 atom stereocenters. The van der Waals surface area contributed by atoms with Crippen molar-refractivity contribution in [1.82, 2.24) is 0 Å². The highest BCUT2D eigenvalue weighted by Crippen LogP contribution is 2.42. The Hall–Kier alpha value is -1.25. The fourth-order valence-corrected chi connectivity index (χ4v) is 2.00. The fraction of sp³-hybridized carbons (Fsp3) is 0.143. The third kappa shape index (κ3) is 1.02. The molecule has 1 aliphatic heterocycles. The molecule has 60 valence electrons. The van der Waals surface area contributed by atoms with Crippen LogP contribution in [0.15, 0.2) is 29.2 Å². The molecule has 0 fully saturated rings. The van der Waals surface area contributed by atoms with Crippen molar-refractivity contribution in [2.45, 2.75) is 10.0 Å². The molecule has 0 spiro atoms. The van der Waals surface area contributed by atoms with Crippen LogP contribution in [0, 0.1) is 5.39 Å². The Balaban J connectivity index is 2.41. The lowest BCUT2D eigenvalue weighted by atomic mass is 10.3. The van der Waals surface area contributed by atoms with Gasteiger partial charge in [-0.2, -0.15) is 0 Å². The van der Waals surface area contributed by atoms with Crippen LogP contribution in [0.4, 0.5) is 5.69 Å². The van der Waals surface area contributed by atoms with E-state index in [0.29, 0.717) is 0 Å². The minimum absolute atomic E-state index is 0.905. The van der Waals surface area contributed by atoms with Crippen LogP contribution in [-0.4, -0.2) is 5.12 Å². The highest BCUT2D eigenvalue weighted by atomic mass is 32.2.